The molecule has 0 aliphatic carbocycles. The molecular weight excluding hydrogens is 815 g/mol. The molecular formula is C60H115NO5. The molecule has 6 nitrogen and oxygen atoms in total. The Morgan fingerprint density at radius 1 is 0.439 bits per heavy atom. The van der Waals surface area contributed by atoms with Crippen LogP contribution in [-0.2, 0) is 14.3 Å². The minimum Gasteiger partial charge on any atom is -0.462 e. The van der Waals surface area contributed by atoms with Crippen LogP contribution in [0.2, 0.25) is 0 Å². The molecule has 0 radical (unpaired) electrons. The van der Waals surface area contributed by atoms with Gasteiger partial charge in [-0.15, -0.1) is 0 Å². The molecule has 1 amide bonds. The van der Waals surface area contributed by atoms with Crippen LogP contribution in [0.4, 0.5) is 0 Å². The molecule has 0 aliphatic heterocycles. The summed E-state index contributed by atoms with van der Waals surface area (Å²) in [6.07, 6.45) is 63.8. The van der Waals surface area contributed by atoms with E-state index >= 15 is 0 Å². The molecule has 0 aliphatic rings. The SMILES string of the molecule is CCCCC/C=C\C/C=C\CCCCCCCCCC(CC(=O)NC(CO)C(O)CCCCCCCCCCCCCCCCCCC)OC(=O)CCCCCCCCCCCCCCC. The van der Waals surface area contributed by atoms with Crippen molar-refractivity contribution in [2.75, 3.05) is 6.61 Å². The Kier molecular flexibility index (Phi) is 52.9. The quantitative estimate of drug-likeness (QED) is 0.0321. The maximum absolute atomic E-state index is 13.3. The molecule has 390 valence electrons. The number of allylic oxidation sites excluding steroid dienone is 4. The van der Waals surface area contributed by atoms with Crippen molar-refractivity contribution in [1.29, 1.82) is 0 Å². The molecule has 0 aromatic heterocycles. The monoisotopic (exact) mass is 930 g/mol. The van der Waals surface area contributed by atoms with E-state index in [-0.39, 0.29) is 24.9 Å². The minimum atomic E-state index is -0.787. The smallest absolute Gasteiger partial charge is 0.306 e. The van der Waals surface area contributed by atoms with E-state index in [2.05, 4.69) is 50.4 Å². The molecule has 66 heavy (non-hydrogen) atoms. The highest BCUT2D eigenvalue weighted by molar-refractivity contribution is 5.77. The Balaban J connectivity index is 4.51. The number of rotatable bonds is 54. The first kappa shape index (κ1) is 64.3. The van der Waals surface area contributed by atoms with Crippen molar-refractivity contribution in [3.63, 3.8) is 0 Å². The number of hydrogen-bond donors (Lipinski definition) is 3. The van der Waals surface area contributed by atoms with Crippen molar-refractivity contribution in [1.82, 2.24) is 5.32 Å². The lowest BCUT2D eigenvalue weighted by atomic mass is 10.0. The van der Waals surface area contributed by atoms with E-state index in [1.807, 2.05) is 0 Å². The fraction of sp³-hybridized carbons (Fsp3) is 0.900. The van der Waals surface area contributed by atoms with Crippen LogP contribution in [0.1, 0.15) is 323 Å². The summed E-state index contributed by atoms with van der Waals surface area (Å²) in [5, 5.41) is 23.9. The van der Waals surface area contributed by atoms with Crippen molar-refractivity contribution in [3.8, 4) is 0 Å². The van der Waals surface area contributed by atoms with Gasteiger partial charge in [0.15, 0.2) is 0 Å². The highest BCUT2D eigenvalue weighted by Gasteiger charge is 2.24. The predicted octanol–water partition coefficient (Wildman–Crippen LogP) is 18.2. The van der Waals surface area contributed by atoms with Crippen molar-refractivity contribution >= 4 is 11.9 Å². The van der Waals surface area contributed by atoms with Gasteiger partial charge in [0.05, 0.1) is 25.2 Å². The number of amides is 1. The molecule has 0 bridgehead atoms. The molecule has 0 rings (SSSR count). The van der Waals surface area contributed by atoms with E-state index in [9.17, 15) is 19.8 Å². The summed E-state index contributed by atoms with van der Waals surface area (Å²) >= 11 is 0. The van der Waals surface area contributed by atoms with Gasteiger partial charge in [-0.3, -0.25) is 9.59 Å². The van der Waals surface area contributed by atoms with Crippen LogP contribution >= 0.6 is 0 Å². The van der Waals surface area contributed by atoms with Crippen molar-refractivity contribution in [2.24, 2.45) is 0 Å². The number of aliphatic hydroxyl groups excluding tert-OH is 2. The summed E-state index contributed by atoms with van der Waals surface area (Å²) in [6.45, 7) is 6.50. The normalized spacial score (nSPS) is 13.2. The molecule has 3 atom stereocenters. The number of carbonyl (C=O) groups excluding carboxylic acids is 2. The van der Waals surface area contributed by atoms with Crippen molar-refractivity contribution in [2.45, 2.75) is 341 Å². The highest BCUT2D eigenvalue weighted by atomic mass is 16.5. The zero-order valence-electron chi connectivity index (χ0n) is 44.6. The largest absolute Gasteiger partial charge is 0.462 e. The van der Waals surface area contributed by atoms with E-state index in [4.69, 9.17) is 4.74 Å². The number of hydrogen-bond acceptors (Lipinski definition) is 5. The van der Waals surface area contributed by atoms with Crippen LogP contribution in [0, 0.1) is 0 Å². The van der Waals surface area contributed by atoms with Crippen molar-refractivity contribution < 1.29 is 24.5 Å². The molecule has 0 aromatic rings. The average molecular weight is 931 g/mol. The van der Waals surface area contributed by atoms with Gasteiger partial charge < -0.3 is 20.3 Å². The Morgan fingerprint density at radius 2 is 0.773 bits per heavy atom. The molecule has 0 saturated heterocycles. The zero-order chi connectivity index (χ0) is 48.1. The molecule has 3 N–H and O–H groups in total. The van der Waals surface area contributed by atoms with Gasteiger partial charge in [0, 0.05) is 6.42 Å². The molecule has 0 aromatic carbocycles. The van der Waals surface area contributed by atoms with Gasteiger partial charge in [0.1, 0.15) is 6.10 Å². The van der Waals surface area contributed by atoms with Gasteiger partial charge in [-0.1, -0.05) is 276 Å². The Morgan fingerprint density at radius 3 is 1.18 bits per heavy atom. The van der Waals surface area contributed by atoms with Gasteiger partial charge in [0.25, 0.3) is 0 Å². The summed E-state index contributed by atoms with van der Waals surface area (Å²) in [6, 6.07) is -0.701. The van der Waals surface area contributed by atoms with Gasteiger partial charge in [-0.05, 0) is 57.8 Å². The summed E-state index contributed by atoms with van der Waals surface area (Å²) in [5.74, 6) is -0.461. The average Bonchev–Trinajstić information content (AvgIpc) is 3.31. The van der Waals surface area contributed by atoms with Crippen LogP contribution in [0.25, 0.3) is 0 Å². The van der Waals surface area contributed by atoms with Crippen molar-refractivity contribution in [3.05, 3.63) is 24.3 Å². The van der Waals surface area contributed by atoms with E-state index in [0.29, 0.717) is 19.3 Å². The third-order valence-corrected chi connectivity index (χ3v) is 13.8. The lowest BCUT2D eigenvalue weighted by Crippen LogP contribution is -2.46. The predicted molar refractivity (Wildman–Crippen MR) is 287 cm³/mol. The molecule has 0 spiro atoms. The second-order valence-electron chi connectivity index (χ2n) is 20.4. The van der Waals surface area contributed by atoms with E-state index in [1.54, 1.807) is 0 Å². The summed E-state index contributed by atoms with van der Waals surface area (Å²) < 4.78 is 5.96. The number of esters is 1. The number of unbranched alkanes of at least 4 members (excludes halogenated alkanes) is 38. The first-order valence-corrected chi connectivity index (χ1v) is 29.6. The molecule has 0 saturated carbocycles. The Hall–Kier alpha value is -1.66. The van der Waals surface area contributed by atoms with Crippen LogP contribution in [0.3, 0.4) is 0 Å². The standard InChI is InChI=1S/C60H115NO5/c1-4-7-10-13-16-19-22-25-27-29-31-34-36-39-42-45-48-51-56(66-60(65)53-50-47-44-41-38-33-24-21-18-15-12-9-6-3)54-59(64)61-57(55-62)58(63)52-49-46-43-40-37-35-32-30-28-26-23-20-17-14-11-8-5-2/h16,19,25,27,56-58,62-63H,4-15,17-18,20-24,26,28-55H2,1-3H3,(H,61,64)/b19-16-,27-25-. The second-order valence-corrected chi connectivity index (χ2v) is 20.4. The maximum atomic E-state index is 13.3. The number of carbonyl (C=O) groups is 2. The summed E-state index contributed by atoms with van der Waals surface area (Å²) in [5.41, 5.74) is 0. The van der Waals surface area contributed by atoms with E-state index in [0.717, 1.165) is 64.2 Å². The van der Waals surface area contributed by atoms with Gasteiger partial charge in [-0.2, -0.15) is 0 Å². The zero-order valence-corrected chi connectivity index (χ0v) is 44.6. The Bertz CT molecular complexity index is 1040. The summed E-state index contributed by atoms with van der Waals surface area (Å²) in [4.78, 5) is 26.3. The molecule has 3 unspecified atom stereocenters. The van der Waals surface area contributed by atoms with Gasteiger partial charge in [-0.25, -0.2) is 0 Å². The fourth-order valence-corrected chi connectivity index (χ4v) is 9.29. The van der Waals surface area contributed by atoms with Gasteiger partial charge in [0.2, 0.25) is 5.91 Å². The van der Waals surface area contributed by atoms with E-state index in [1.165, 1.54) is 212 Å². The summed E-state index contributed by atoms with van der Waals surface area (Å²) in [7, 11) is 0. The third-order valence-electron chi connectivity index (χ3n) is 13.8. The first-order valence-electron chi connectivity index (χ1n) is 29.6. The first-order chi connectivity index (χ1) is 32.5. The molecule has 0 heterocycles. The molecule has 6 heteroatoms. The maximum Gasteiger partial charge on any atom is 0.306 e. The van der Waals surface area contributed by atoms with Crippen LogP contribution < -0.4 is 5.32 Å². The number of nitrogens with one attached hydrogen (secondary N) is 1. The lowest BCUT2D eigenvalue weighted by molar-refractivity contribution is -0.151. The number of aliphatic hydroxyl groups is 2. The number of ether oxygens (including phenoxy) is 1. The second kappa shape index (κ2) is 54.3. The molecule has 0 fully saturated rings. The fourth-order valence-electron chi connectivity index (χ4n) is 9.29. The highest BCUT2D eigenvalue weighted by Crippen LogP contribution is 2.19. The van der Waals surface area contributed by atoms with Crippen LogP contribution in [0.5, 0.6) is 0 Å². The van der Waals surface area contributed by atoms with Gasteiger partial charge >= 0.3 is 5.97 Å². The third kappa shape index (κ3) is 48.8. The Labute approximate surface area is 411 Å². The van der Waals surface area contributed by atoms with Crippen LogP contribution in [0.15, 0.2) is 24.3 Å². The lowest BCUT2D eigenvalue weighted by Gasteiger charge is -2.24. The minimum absolute atomic E-state index is 0.0782. The topological polar surface area (TPSA) is 95.9 Å². The van der Waals surface area contributed by atoms with Crippen LogP contribution in [-0.4, -0.2) is 46.9 Å². The van der Waals surface area contributed by atoms with E-state index < -0.39 is 18.2 Å².